The van der Waals surface area contributed by atoms with E-state index in [4.69, 9.17) is 0 Å². The predicted molar refractivity (Wildman–Crippen MR) is 85.2 cm³/mol. The average Bonchev–Trinajstić information content (AvgIpc) is 2.95. The van der Waals surface area contributed by atoms with E-state index in [1.807, 2.05) is 16.8 Å². The van der Waals surface area contributed by atoms with Gasteiger partial charge in [0.15, 0.2) is 0 Å². The van der Waals surface area contributed by atoms with Gasteiger partial charge in [-0.1, -0.05) is 13.8 Å². The second-order valence-electron chi connectivity index (χ2n) is 7.83. The van der Waals surface area contributed by atoms with Crippen LogP contribution in [0.4, 0.5) is 0 Å². The van der Waals surface area contributed by atoms with Crippen molar-refractivity contribution in [3.8, 4) is 0 Å². The van der Waals surface area contributed by atoms with Gasteiger partial charge in [-0.05, 0) is 18.8 Å². The highest BCUT2D eigenvalue weighted by atomic mass is 16.2. The van der Waals surface area contributed by atoms with Crippen molar-refractivity contribution in [3.63, 3.8) is 0 Å². The lowest BCUT2D eigenvalue weighted by Gasteiger charge is -2.46. The normalized spacial score (nSPS) is 31.4. The molecule has 0 N–H and O–H groups in total. The van der Waals surface area contributed by atoms with Crippen LogP contribution in [-0.4, -0.2) is 71.8 Å². The van der Waals surface area contributed by atoms with Gasteiger partial charge < -0.3 is 14.7 Å². The van der Waals surface area contributed by atoms with E-state index in [2.05, 4.69) is 18.7 Å². The quantitative estimate of drug-likeness (QED) is 0.766. The number of amides is 2. The van der Waals surface area contributed by atoms with Crippen LogP contribution in [-0.2, 0) is 9.59 Å². The number of nitrogens with zero attached hydrogens (tertiary/aromatic N) is 3. The minimum atomic E-state index is -0.0145. The summed E-state index contributed by atoms with van der Waals surface area (Å²) in [6, 6.07) is 0. The molecule has 0 aliphatic carbocycles. The molecule has 1 spiro atoms. The smallest absolute Gasteiger partial charge is 0.227 e. The number of fused-ring (bicyclic) bond motifs is 2. The van der Waals surface area contributed by atoms with E-state index in [1.165, 1.54) is 0 Å². The molecule has 3 aliphatic heterocycles. The maximum atomic E-state index is 12.7. The Kier molecular flexibility index (Phi) is 3.96. The summed E-state index contributed by atoms with van der Waals surface area (Å²) < 4.78 is 0. The van der Waals surface area contributed by atoms with Crippen LogP contribution in [0.15, 0.2) is 0 Å². The largest absolute Gasteiger partial charge is 0.343 e. The molecule has 0 unspecified atom stereocenters. The van der Waals surface area contributed by atoms with E-state index in [-0.39, 0.29) is 17.4 Å². The summed E-state index contributed by atoms with van der Waals surface area (Å²) in [5, 5.41) is 0. The van der Waals surface area contributed by atoms with Crippen LogP contribution in [0.1, 0.15) is 33.6 Å². The monoisotopic (exact) mass is 307 g/mol. The molecule has 3 rings (SSSR count). The van der Waals surface area contributed by atoms with Crippen LogP contribution in [0.5, 0.6) is 0 Å². The molecule has 0 aromatic heterocycles. The fraction of sp³-hybridized carbons (Fsp3) is 0.882. The van der Waals surface area contributed by atoms with Crippen LogP contribution in [0, 0.1) is 17.8 Å². The van der Waals surface area contributed by atoms with Gasteiger partial charge in [-0.25, -0.2) is 0 Å². The SMILES string of the molecule is CC(=O)N1CCC2(CC1)[C@@H]1CN(CC(C)C)C[C@@H]1C(=O)N2C. The molecule has 0 saturated carbocycles. The molecule has 3 heterocycles. The molecule has 0 aromatic rings. The maximum absolute atomic E-state index is 12.7. The minimum absolute atomic E-state index is 0.0145. The molecule has 5 heteroatoms. The molecule has 22 heavy (non-hydrogen) atoms. The van der Waals surface area contributed by atoms with Gasteiger partial charge in [0.25, 0.3) is 0 Å². The van der Waals surface area contributed by atoms with Crippen molar-refractivity contribution in [2.75, 3.05) is 39.8 Å². The molecular weight excluding hydrogens is 278 g/mol. The number of carbonyl (C=O) groups excluding carboxylic acids is 2. The lowest BCUT2D eigenvalue weighted by atomic mass is 9.75. The van der Waals surface area contributed by atoms with Crippen LogP contribution < -0.4 is 0 Å². The molecule has 3 saturated heterocycles. The molecule has 2 amide bonds. The highest BCUT2D eigenvalue weighted by Crippen LogP contribution is 2.48. The molecular formula is C17H29N3O2. The van der Waals surface area contributed by atoms with Crippen molar-refractivity contribution in [2.24, 2.45) is 17.8 Å². The highest BCUT2D eigenvalue weighted by molar-refractivity contribution is 5.83. The Morgan fingerprint density at radius 1 is 1.27 bits per heavy atom. The molecule has 124 valence electrons. The number of hydrogen-bond acceptors (Lipinski definition) is 3. The number of hydrogen-bond donors (Lipinski definition) is 0. The standard InChI is InChI=1S/C17H29N3O2/c1-12(2)9-19-10-14-15(11-19)17(18(4)16(14)22)5-7-20(8-6-17)13(3)21/h12,14-15H,5-11H2,1-4H3/t14-,15+/m0/s1. The second kappa shape index (κ2) is 5.52. The Bertz CT molecular complexity index is 469. The Balaban J connectivity index is 1.77. The number of piperidine rings is 1. The Labute approximate surface area is 133 Å². The van der Waals surface area contributed by atoms with Gasteiger partial charge in [0.05, 0.1) is 11.5 Å². The first kappa shape index (κ1) is 15.8. The zero-order valence-corrected chi connectivity index (χ0v) is 14.3. The van der Waals surface area contributed by atoms with Crippen molar-refractivity contribution < 1.29 is 9.59 Å². The van der Waals surface area contributed by atoms with Crippen LogP contribution in [0.2, 0.25) is 0 Å². The number of likely N-dealkylation sites (tertiary alicyclic amines) is 3. The molecule has 0 radical (unpaired) electrons. The van der Waals surface area contributed by atoms with Crippen molar-refractivity contribution in [1.82, 2.24) is 14.7 Å². The number of carbonyl (C=O) groups is 2. The van der Waals surface area contributed by atoms with Gasteiger partial charge in [-0.3, -0.25) is 9.59 Å². The summed E-state index contributed by atoms with van der Waals surface area (Å²) in [5.74, 6) is 1.74. The summed E-state index contributed by atoms with van der Waals surface area (Å²) in [5.41, 5.74) is -0.0145. The first-order valence-corrected chi connectivity index (χ1v) is 8.60. The van der Waals surface area contributed by atoms with E-state index in [9.17, 15) is 9.59 Å². The van der Waals surface area contributed by atoms with Gasteiger partial charge in [0.1, 0.15) is 0 Å². The molecule has 0 aromatic carbocycles. The first-order valence-electron chi connectivity index (χ1n) is 8.60. The Hall–Kier alpha value is -1.10. The lowest BCUT2D eigenvalue weighted by molar-refractivity contribution is -0.136. The number of rotatable bonds is 2. The Morgan fingerprint density at radius 2 is 1.91 bits per heavy atom. The van der Waals surface area contributed by atoms with Gasteiger partial charge >= 0.3 is 0 Å². The summed E-state index contributed by atoms with van der Waals surface area (Å²) >= 11 is 0. The van der Waals surface area contributed by atoms with Gasteiger partial charge in [-0.2, -0.15) is 0 Å². The van der Waals surface area contributed by atoms with Gasteiger partial charge in [0, 0.05) is 52.6 Å². The zero-order valence-electron chi connectivity index (χ0n) is 14.3. The fourth-order valence-corrected chi connectivity index (χ4v) is 4.98. The van der Waals surface area contributed by atoms with Crippen molar-refractivity contribution >= 4 is 11.8 Å². The summed E-state index contributed by atoms with van der Waals surface area (Å²) in [4.78, 5) is 30.8. The first-order chi connectivity index (χ1) is 10.3. The van der Waals surface area contributed by atoms with Crippen molar-refractivity contribution in [2.45, 2.75) is 39.2 Å². The highest BCUT2D eigenvalue weighted by Gasteiger charge is 2.60. The third kappa shape index (κ3) is 2.34. The Morgan fingerprint density at radius 3 is 2.45 bits per heavy atom. The summed E-state index contributed by atoms with van der Waals surface area (Å²) in [6.07, 6.45) is 1.87. The topological polar surface area (TPSA) is 43.9 Å². The van der Waals surface area contributed by atoms with E-state index >= 15 is 0 Å². The van der Waals surface area contributed by atoms with Crippen molar-refractivity contribution in [3.05, 3.63) is 0 Å². The molecule has 3 fully saturated rings. The van der Waals surface area contributed by atoms with E-state index in [1.54, 1.807) is 6.92 Å². The fourth-order valence-electron chi connectivity index (χ4n) is 4.98. The predicted octanol–water partition coefficient (Wildman–Crippen LogP) is 1.04. The average molecular weight is 307 g/mol. The van der Waals surface area contributed by atoms with Crippen LogP contribution in [0.3, 0.4) is 0 Å². The molecule has 3 aliphatic rings. The second-order valence-corrected chi connectivity index (χ2v) is 7.83. The third-order valence-corrected chi connectivity index (χ3v) is 6.10. The molecule has 5 nitrogen and oxygen atoms in total. The lowest BCUT2D eigenvalue weighted by Crippen LogP contribution is -2.56. The van der Waals surface area contributed by atoms with E-state index in [0.29, 0.717) is 17.7 Å². The van der Waals surface area contributed by atoms with Gasteiger partial charge in [-0.15, -0.1) is 0 Å². The summed E-state index contributed by atoms with van der Waals surface area (Å²) in [6.45, 7) is 10.8. The van der Waals surface area contributed by atoms with Crippen molar-refractivity contribution in [1.29, 1.82) is 0 Å². The van der Waals surface area contributed by atoms with E-state index in [0.717, 1.165) is 45.6 Å². The van der Waals surface area contributed by atoms with Crippen LogP contribution in [0.25, 0.3) is 0 Å². The minimum Gasteiger partial charge on any atom is -0.343 e. The molecule has 0 bridgehead atoms. The van der Waals surface area contributed by atoms with Gasteiger partial charge in [0.2, 0.25) is 11.8 Å². The maximum Gasteiger partial charge on any atom is 0.227 e. The summed E-state index contributed by atoms with van der Waals surface area (Å²) in [7, 11) is 1.98. The van der Waals surface area contributed by atoms with Crippen LogP contribution >= 0.6 is 0 Å². The van der Waals surface area contributed by atoms with E-state index < -0.39 is 0 Å². The zero-order chi connectivity index (χ0) is 16.1. The molecule has 2 atom stereocenters. The third-order valence-electron chi connectivity index (χ3n) is 6.10.